The Labute approximate surface area is 144 Å². The molecule has 0 bridgehead atoms. The number of anilines is 1. The summed E-state index contributed by atoms with van der Waals surface area (Å²) in [6.07, 6.45) is 8.81. The summed E-state index contributed by atoms with van der Waals surface area (Å²) in [6.45, 7) is 5.36. The summed E-state index contributed by atoms with van der Waals surface area (Å²) in [5.74, 6) is -0.187. The van der Waals surface area contributed by atoms with Crippen molar-refractivity contribution in [3.63, 3.8) is 0 Å². The number of amides is 1. The fourth-order valence-electron chi connectivity index (χ4n) is 2.28. The van der Waals surface area contributed by atoms with Crippen LogP contribution in [0.4, 0.5) is 5.69 Å². The largest absolute Gasteiger partial charge is 0.322 e. The molecule has 9 heteroatoms. The van der Waals surface area contributed by atoms with E-state index in [0.717, 1.165) is 12.1 Å². The molecule has 8 nitrogen and oxygen atoms in total. The molecule has 0 saturated heterocycles. The van der Waals surface area contributed by atoms with Crippen molar-refractivity contribution in [2.24, 2.45) is 0 Å². The van der Waals surface area contributed by atoms with Crippen molar-refractivity contribution in [3.05, 3.63) is 47.3 Å². The van der Waals surface area contributed by atoms with E-state index in [4.69, 9.17) is 11.6 Å². The number of nitrogens with one attached hydrogen (secondary N) is 1. The lowest BCUT2D eigenvalue weighted by atomic mass is 10.4. The number of nitrogens with zero attached hydrogens (tertiary/aromatic N) is 6. The number of hydrogen-bond donors (Lipinski definition) is 1. The van der Waals surface area contributed by atoms with Crippen LogP contribution in [0.5, 0.6) is 0 Å². The molecular weight excluding hydrogens is 330 g/mol. The van der Waals surface area contributed by atoms with E-state index in [2.05, 4.69) is 20.6 Å². The lowest BCUT2D eigenvalue weighted by molar-refractivity contribution is -0.116. The Bertz CT molecular complexity index is 828. The Morgan fingerprint density at radius 2 is 1.96 bits per heavy atom. The molecule has 0 aromatic carbocycles. The summed E-state index contributed by atoms with van der Waals surface area (Å²) in [5.41, 5.74) is 2.39. The van der Waals surface area contributed by atoms with Gasteiger partial charge in [-0.3, -0.25) is 18.8 Å². The minimum atomic E-state index is -0.187. The van der Waals surface area contributed by atoms with E-state index >= 15 is 0 Å². The first-order valence-corrected chi connectivity index (χ1v) is 7.94. The molecule has 1 amide bonds. The van der Waals surface area contributed by atoms with Gasteiger partial charge in [0.2, 0.25) is 5.91 Å². The summed E-state index contributed by atoms with van der Waals surface area (Å²) in [5, 5.41) is 16.0. The lowest BCUT2D eigenvalue weighted by Gasteiger charge is -2.02. The molecule has 0 atom stereocenters. The maximum atomic E-state index is 12.0. The van der Waals surface area contributed by atoms with Gasteiger partial charge in [0.05, 0.1) is 35.3 Å². The van der Waals surface area contributed by atoms with E-state index in [1.54, 1.807) is 30.2 Å². The van der Waals surface area contributed by atoms with Crippen molar-refractivity contribution in [2.45, 2.75) is 33.5 Å². The van der Waals surface area contributed by atoms with Gasteiger partial charge in [0.15, 0.2) is 0 Å². The Morgan fingerprint density at radius 3 is 2.62 bits per heavy atom. The van der Waals surface area contributed by atoms with E-state index in [1.807, 2.05) is 24.0 Å². The summed E-state index contributed by atoms with van der Waals surface area (Å²) < 4.78 is 5.12. The van der Waals surface area contributed by atoms with Crippen molar-refractivity contribution in [2.75, 3.05) is 5.32 Å². The summed E-state index contributed by atoms with van der Waals surface area (Å²) in [7, 11) is 0. The second-order valence-electron chi connectivity index (χ2n) is 5.44. The predicted octanol–water partition coefficient (Wildman–Crippen LogP) is 1.94. The summed E-state index contributed by atoms with van der Waals surface area (Å²) in [6, 6.07) is 0. The molecule has 0 aliphatic carbocycles. The zero-order chi connectivity index (χ0) is 17.1. The monoisotopic (exact) mass is 347 g/mol. The van der Waals surface area contributed by atoms with Gasteiger partial charge in [-0.2, -0.15) is 15.3 Å². The summed E-state index contributed by atoms with van der Waals surface area (Å²) >= 11 is 5.93. The smallest absolute Gasteiger partial charge is 0.246 e. The number of hydrogen-bond acceptors (Lipinski definition) is 4. The number of carbonyl (C=O) groups excluding carboxylic acids is 1. The maximum absolute atomic E-state index is 12.0. The van der Waals surface area contributed by atoms with Gasteiger partial charge in [0.1, 0.15) is 6.54 Å². The molecule has 126 valence electrons. The number of rotatable bonds is 6. The van der Waals surface area contributed by atoms with Gasteiger partial charge in [-0.25, -0.2) is 0 Å². The van der Waals surface area contributed by atoms with Crippen molar-refractivity contribution in [3.8, 4) is 0 Å². The average molecular weight is 348 g/mol. The van der Waals surface area contributed by atoms with Gasteiger partial charge in [0.25, 0.3) is 0 Å². The van der Waals surface area contributed by atoms with Gasteiger partial charge in [0, 0.05) is 30.7 Å². The Morgan fingerprint density at radius 1 is 1.17 bits per heavy atom. The molecule has 24 heavy (non-hydrogen) atoms. The third-order valence-corrected chi connectivity index (χ3v) is 3.84. The van der Waals surface area contributed by atoms with Gasteiger partial charge in [-0.15, -0.1) is 0 Å². The van der Waals surface area contributed by atoms with Crippen LogP contribution in [0.3, 0.4) is 0 Å². The Hall–Kier alpha value is -2.61. The highest BCUT2D eigenvalue weighted by molar-refractivity contribution is 6.31. The first kappa shape index (κ1) is 16.3. The fraction of sp³-hybridized carbons (Fsp3) is 0.333. The van der Waals surface area contributed by atoms with Gasteiger partial charge in [-0.1, -0.05) is 11.6 Å². The normalized spacial score (nSPS) is 11.0. The highest BCUT2D eigenvalue weighted by Crippen LogP contribution is 2.12. The van der Waals surface area contributed by atoms with E-state index in [-0.39, 0.29) is 12.5 Å². The molecule has 0 saturated carbocycles. The van der Waals surface area contributed by atoms with Crippen molar-refractivity contribution < 1.29 is 4.79 Å². The SMILES string of the molecule is CCn1cc(Cn2cc(NC(=O)Cn3cc(Cl)c(C)n3)cn2)cn1. The zero-order valence-electron chi connectivity index (χ0n) is 13.5. The van der Waals surface area contributed by atoms with Crippen molar-refractivity contribution in [1.82, 2.24) is 29.3 Å². The van der Waals surface area contributed by atoms with Crippen LogP contribution in [-0.4, -0.2) is 35.2 Å². The van der Waals surface area contributed by atoms with Crippen LogP contribution in [0.25, 0.3) is 0 Å². The molecule has 3 rings (SSSR count). The highest BCUT2D eigenvalue weighted by atomic mass is 35.5. The highest BCUT2D eigenvalue weighted by Gasteiger charge is 2.09. The van der Waals surface area contributed by atoms with Crippen LogP contribution in [0, 0.1) is 6.92 Å². The van der Waals surface area contributed by atoms with Crippen LogP contribution >= 0.6 is 11.6 Å². The average Bonchev–Trinajstić information content (AvgIpc) is 3.22. The first-order chi connectivity index (χ1) is 11.5. The Kier molecular flexibility index (Phi) is 4.66. The van der Waals surface area contributed by atoms with Crippen molar-refractivity contribution in [1.29, 1.82) is 0 Å². The van der Waals surface area contributed by atoms with E-state index < -0.39 is 0 Å². The molecular formula is C15H18ClN7O. The predicted molar refractivity (Wildman–Crippen MR) is 89.8 cm³/mol. The molecule has 0 aliphatic heterocycles. The summed E-state index contributed by atoms with van der Waals surface area (Å²) in [4.78, 5) is 12.0. The second-order valence-corrected chi connectivity index (χ2v) is 5.85. The second kappa shape index (κ2) is 6.88. The zero-order valence-corrected chi connectivity index (χ0v) is 14.2. The van der Waals surface area contributed by atoms with Crippen LogP contribution in [0.1, 0.15) is 18.2 Å². The Balaban J connectivity index is 1.57. The molecule has 0 fully saturated rings. The fourth-order valence-corrected chi connectivity index (χ4v) is 2.44. The van der Waals surface area contributed by atoms with Gasteiger partial charge in [-0.05, 0) is 13.8 Å². The van der Waals surface area contributed by atoms with E-state index in [1.165, 1.54) is 4.68 Å². The standard InChI is InChI=1S/C15H18ClN7O/c1-3-21-6-12(4-17-21)7-22-8-13(5-18-22)19-15(24)10-23-9-14(16)11(2)20-23/h4-6,8-9H,3,7,10H2,1-2H3,(H,19,24). The maximum Gasteiger partial charge on any atom is 0.246 e. The topological polar surface area (TPSA) is 82.6 Å². The van der Waals surface area contributed by atoms with Gasteiger partial charge >= 0.3 is 0 Å². The van der Waals surface area contributed by atoms with E-state index in [0.29, 0.717) is 22.9 Å². The van der Waals surface area contributed by atoms with Crippen LogP contribution in [0.15, 0.2) is 31.0 Å². The molecule has 3 heterocycles. The molecule has 3 aromatic heterocycles. The minimum Gasteiger partial charge on any atom is -0.322 e. The minimum absolute atomic E-state index is 0.0992. The quantitative estimate of drug-likeness (QED) is 0.738. The third kappa shape index (κ3) is 3.83. The molecule has 0 unspecified atom stereocenters. The number of carbonyl (C=O) groups is 1. The molecule has 0 spiro atoms. The molecule has 0 radical (unpaired) electrons. The lowest BCUT2D eigenvalue weighted by Crippen LogP contribution is -2.18. The number of aryl methyl sites for hydroxylation is 2. The van der Waals surface area contributed by atoms with Crippen LogP contribution in [0.2, 0.25) is 5.02 Å². The van der Waals surface area contributed by atoms with Crippen LogP contribution < -0.4 is 5.32 Å². The molecule has 0 aliphatic rings. The molecule has 1 N–H and O–H groups in total. The number of aromatic nitrogens is 6. The van der Waals surface area contributed by atoms with Gasteiger partial charge < -0.3 is 5.32 Å². The van der Waals surface area contributed by atoms with Crippen molar-refractivity contribution >= 4 is 23.2 Å². The van der Waals surface area contributed by atoms with E-state index in [9.17, 15) is 4.79 Å². The first-order valence-electron chi connectivity index (χ1n) is 7.56. The molecule has 3 aromatic rings. The third-order valence-electron chi connectivity index (χ3n) is 3.46. The number of halogens is 1. The van der Waals surface area contributed by atoms with Crippen LogP contribution in [-0.2, 0) is 24.4 Å².